The number of benzene rings is 1. The van der Waals surface area contributed by atoms with Crippen molar-refractivity contribution in [2.24, 2.45) is 5.73 Å². The molecule has 2 nitrogen and oxygen atoms in total. The van der Waals surface area contributed by atoms with Crippen molar-refractivity contribution in [1.29, 1.82) is 0 Å². The minimum atomic E-state index is 0.0266. The summed E-state index contributed by atoms with van der Waals surface area (Å²) < 4.78 is 7.16. The number of rotatable bonds is 4. The van der Waals surface area contributed by atoms with Gasteiger partial charge < -0.3 is 10.5 Å². The third-order valence-corrected chi connectivity index (χ3v) is 3.85. The number of hydrogen-bond acceptors (Lipinski definition) is 2. The van der Waals surface area contributed by atoms with Gasteiger partial charge in [0.25, 0.3) is 0 Å². The highest BCUT2D eigenvalue weighted by molar-refractivity contribution is 9.10. The maximum Gasteiger partial charge on any atom is 0.0961 e. The first-order valence-corrected chi connectivity index (χ1v) is 6.70. The maximum absolute atomic E-state index is 6.07. The molecule has 88 valence electrons. The Kier molecular flexibility index (Phi) is 4.38. The van der Waals surface area contributed by atoms with Gasteiger partial charge in [0.2, 0.25) is 0 Å². The van der Waals surface area contributed by atoms with Gasteiger partial charge in [-0.25, -0.2) is 0 Å². The van der Waals surface area contributed by atoms with Crippen LogP contribution in [0.2, 0.25) is 0 Å². The first-order chi connectivity index (χ1) is 7.81. The van der Waals surface area contributed by atoms with Crippen molar-refractivity contribution in [1.82, 2.24) is 0 Å². The second-order valence-corrected chi connectivity index (χ2v) is 5.14. The van der Waals surface area contributed by atoms with Crippen LogP contribution < -0.4 is 5.73 Å². The predicted molar refractivity (Wildman–Crippen MR) is 69.3 cm³/mol. The Bertz CT molecular complexity index is 336. The molecule has 1 saturated carbocycles. The Morgan fingerprint density at radius 2 is 2.00 bits per heavy atom. The number of hydrogen-bond donors (Lipinski definition) is 1. The van der Waals surface area contributed by atoms with Gasteiger partial charge >= 0.3 is 0 Å². The van der Waals surface area contributed by atoms with Gasteiger partial charge in [-0.2, -0.15) is 0 Å². The highest BCUT2D eigenvalue weighted by Gasteiger charge is 2.21. The van der Waals surface area contributed by atoms with Crippen LogP contribution in [0.1, 0.15) is 37.4 Å². The maximum atomic E-state index is 6.07. The van der Waals surface area contributed by atoms with Crippen molar-refractivity contribution in [2.75, 3.05) is 6.54 Å². The molecule has 0 amide bonds. The molecule has 1 unspecified atom stereocenters. The summed E-state index contributed by atoms with van der Waals surface area (Å²) in [6, 6.07) is 8.16. The van der Waals surface area contributed by atoms with E-state index in [-0.39, 0.29) is 6.10 Å². The van der Waals surface area contributed by atoms with Gasteiger partial charge in [-0.3, -0.25) is 0 Å². The van der Waals surface area contributed by atoms with Crippen LogP contribution in [0.15, 0.2) is 28.7 Å². The molecule has 0 saturated heterocycles. The lowest BCUT2D eigenvalue weighted by Crippen LogP contribution is -2.21. The van der Waals surface area contributed by atoms with Gasteiger partial charge in [0, 0.05) is 11.0 Å². The Hall–Kier alpha value is -0.380. The normalized spacial score (nSPS) is 18.9. The molecule has 1 aromatic rings. The fraction of sp³-hybridized carbons (Fsp3) is 0.538. The lowest BCUT2D eigenvalue weighted by Gasteiger charge is -2.22. The van der Waals surface area contributed by atoms with Crippen LogP contribution in [-0.2, 0) is 4.74 Å². The van der Waals surface area contributed by atoms with Crippen molar-refractivity contribution >= 4 is 15.9 Å². The lowest BCUT2D eigenvalue weighted by atomic mass is 10.1. The molecule has 0 radical (unpaired) electrons. The Morgan fingerprint density at radius 3 is 2.62 bits per heavy atom. The van der Waals surface area contributed by atoms with Crippen molar-refractivity contribution in [2.45, 2.75) is 37.9 Å². The smallest absolute Gasteiger partial charge is 0.0961 e. The zero-order valence-electron chi connectivity index (χ0n) is 9.36. The summed E-state index contributed by atoms with van der Waals surface area (Å²) in [7, 11) is 0. The molecule has 2 rings (SSSR count). The Balaban J connectivity index is 2.06. The molecule has 0 spiro atoms. The van der Waals surface area contributed by atoms with Gasteiger partial charge in [0.05, 0.1) is 12.2 Å². The minimum absolute atomic E-state index is 0.0266. The summed E-state index contributed by atoms with van der Waals surface area (Å²) in [6.07, 6.45) is 5.37. The first kappa shape index (κ1) is 12.1. The van der Waals surface area contributed by atoms with E-state index in [1.54, 1.807) is 0 Å². The standard InChI is InChI=1S/C13H18BrNO/c14-12-8-4-3-7-11(12)13(9-15)16-10-5-1-2-6-10/h3-4,7-8,10,13H,1-2,5-6,9,15H2. The van der Waals surface area contributed by atoms with Crippen molar-refractivity contribution < 1.29 is 4.74 Å². The quantitative estimate of drug-likeness (QED) is 0.919. The molecule has 1 fully saturated rings. The summed E-state index contributed by atoms with van der Waals surface area (Å²) in [5, 5.41) is 0. The molecule has 1 aliphatic carbocycles. The number of ether oxygens (including phenoxy) is 1. The molecule has 0 aliphatic heterocycles. The number of halogens is 1. The Morgan fingerprint density at radius 1 is 1.31 bits per heavy atom. The van der Waals surface area contributed by atoms with Gasteiger partial charge in [0.1, 0.15) is 0 Å². The summed E-state index contributed by atoms with van der Waals surface area (Å²) in [5.74, 6) is 0. The molecule has 16 heavy (non-hydrogen) atoms. The van der Waals surface area contributed by atoms with Crippen molar-refractivity contribution in [3.05, 3.63) is 34.3 Å². The molecule has 0 aromatic heterocycles. The van der Waals surface area contributed by atoms with E-state index in [0.29, 0.717) is 12.6 Å². The van der Waals surface area contributed by atoms with Crippen LogP contribution in [0.3, 0.4) is 0 Å². The summed E-state index contributed by atoms with van der Waals surface area (Å²) in [6.45, 7) is 0.541. The molecule has 1 aliphatic rings. The molecule has 3 heteroatoms. The SMILES string of the molecule is NCC(OC1CCCC1)c1ccccc1Br. The monoisotopic (exact) mass is 283 g/mol. The molecule has 0 bridgehead atoms. The largest absolute Gasteiger partial charge is 0.369 e. The van der Waals surface area contributed by atoms with E-state index in [9.17, 15) is 0 Å². The first-order valence-electron chi connectivity index (χ1n) is 5.91. The third kappa shape index (κ3) is 2.84. The highest BCUT2D eigenvalue weighted by Crippen LogP contribution is 2.30. The number of nitrogens with two attached hydrogens (primary N) is 1. The zero-order valence-corrected chi connectivity index (χ0v) is 10.9. The van der Waals surface area contributed by atoms with E-state index in [1.165, 1.54) is 25.7 Å². The van der Waals surface area contributed by atoms with E-state index >= 15 is 0 Å². The lowest BCUT2D eigenvalue weighted by molar-refractivity contribution is -0.00472. The van der Waals surface area contributed by atoms with Crippen LogP contribution in [0.25, 0.3) is 0 Å². The molecule has 1 aromatic carbocycles. The Labute approximate surface area is 105 Å². The fourth-order valence-electron chi connectivity index (χ4n) is 2.25. The van der Waals surface area contributed by atoms with Crippen LogP contribution in [0.5, 0.6) is 0 Å². The van der Waals surface area contributed by atoms with Crippen LogP contribution in [0.4, 0.5) is 0 Å². The second-order valence-electron chi connectivity index (χ2n) is 4.29. The molecule has 0 heterocycles. The van der Waals surface area contributed by atoms with E-state index < -0.39 is 0 Å². The predicted octanol–water partition coefficient (Wildman–Crippen LogP) is 3.41. The van der Waals surface area contributed by atoms with Gasteiger partial charge in [-0.1, -0.05) is 47.0 Å². The van der Waals surface area contributed by atoms with E-state index in [2.05, 4.69) is 22.0 Å². The second kappa shape index (κ2) is 5.80. The van der Waals surface area contributed by atoms with Crippen molar-refractivity contribution in [3.8, 4) is 0 Å². The minimum Gasteiger partial charge on any atom is -0.369 e. The van der Waals surface area contributed by atoms with E-state index in [4.69, 9.17) is 10.5 Å². The molecule has 1 atom stereocenters. The van der Waals surface area contributed by atoms with Crippen LogP contribution in [-0.4, -0.2) is 12.6 Å². The molecular formula is C13H18BrNO. The van der Waals surface area contributed by atoms with Crippen LogP contribution in [0, 0.1) is 0 Å². The topological polar surface area (TPSA) is 35.2 Å². The summed E-state index contributed by atoms with van der Waals surface area (Å²) >= 11 is 3.55. The van der Waals surface area contributed by atoms with E-state index in [0.717, 1.165) is 10.0 Å². The average molecular weight is 284 g/mol. The average Bonchev–Trinajstić information content (AvgIpc) is 2.80. The zero-order chi connectivity index (χ0) is 11.4. The van der Waals surface area contributed by atoms with Gasteiger partial charge in [-0.15, -0.1) is 0 Å². The molecule has 2 N–H and O–H groups in total. The summed E-state index contributed by atoms with van der Waals surface area (Å²) in [4.78, 5) is 0. The molecular weight excluding hydrogens is 266 g/mol. The highest BCUT2D eigenvalue weighted by atomic mass is 79.9. The van der Waals surface area contributed by atoms with E-state index in [1.807, 2.05) is 18.2 Å². The third-order valence-electron chi connectivity index (χ3n) is 3.13. The van der Waals surface area contributed by atoms with Gasteiger partial charge in [-0.05, 0) is 24.5 Å². The van der Waals surface area contributed by atoms with Crippen LogP contribution >= 0.6 is 15.9 Å². The summed E-state index contributed by atoms with van der Waals surface area (Å²) in [5.41, 5.74) is 6.97. The fourth-order valence-corrected chi connectivity index (χ4v) is 2.79. The van der Waals surface area contributed by atoms with Crippen molar-refractivity contribution in [3.63, 3.8) is 0 Å². The van der Waals surface area contributed by atoms with Gasteiger partial charge in [0.15, 0.2) is 0 Å².